The minimum atomic E-state index is 0.717. The summed E-state index contributed by atoms with van der Waals surface area (Å²) in [6.07, 6.45) is 12.0. The Morgan fingerprint density at radius 3 is 2.04 bits per heavy atom. The van der Waals surface area contributed by atoms with Crippen molar-refractivity contribution >= 4 is 7.85 Å². The van der Waals surface area contributed by atoms with Crippen molar-refractivity contribution in [2.75, 3.05) is 0 Å². The number of hydrogen-bond acceptors (Lipinski definition) is 0. The molecule has 0 aromatic carbocycles. The van der Waals surface area contributed by atoms with Gasteiger partial charge in [-0.05, 0) is 47.8 Å². The van der Waals surface area contributed by atoms with Gasteiger partial charge in [-0.3, -0.25) is 0 Å². The van der Waals surface area contributed by atoms with E-state index in [1.54, 1.807) is 0 Å². The van der Waals surface area contributed by atoms with Crippen molar-refractivity contribution in [1.29, 1.82) is 0 Å². The standard InChI is InChI=1S/C22H43B/c1-7-11-16(3)14-21(15-23)22(8-2)19(6)17(4)18(5)20-12-9-10-13-20/h16-22H,7-15H2,1-6H3. The second-order valence-corrected chi connectivity index (χ2v) is 8.82. The molecule has 1 fully saturated rings. The molecule has 0 bridgehead atoms. The lowest BCUT2D eigenvalue weighted by molar-refractivity contribution is 0.112. The van der Waals surface area contributed by atoms with Crippen molar-refractivity contribution in [3.05, 3.63) is 0 Å². The molecule has 0 amide bonds. The van der Waals surface area contributed by atoms with Gasteiger partial charge in [0.1, 0.15) is 0 Å². The molecule has 1 saturated carbocycles. The highest BCUT2D eigenvalue weighted by molar-refractivity contribution is 6.08. The summed E-state index contributed by atoms with van der Waals surface area (Å²) < 4.78 is 0. The summed E-state index contributed by atoms with van der Waals surface area (Å²) in [5.41, 5.74) is 0. The van der Waals surface area contributed by atoms with Gasteiger partial charge in [0.25, 0.3) is 0 Å². The lowest BCUT2D eigenvalue weighted by Gasteiger charge is -2.39. The minimum absolute atomic E-state index is 0.717. The van der Waals surface area contributed by atoms with Crippen molar-refractivity contribution < 1.29 is 0 Å². The molecule has 0 aromatic rings. The van der Waals surface area contributed by atoms with Gasteiger partial charge in [-0.25, -0.2) is 0 Å². The van der Waals surface area contributed by atoms with Crippen LogP contribution in [0, 0.1) is 41.4 Å². The van der Waals surface area contributed by atoms with Crippen molar-refractivity contribution in [2.45, 2.75) is 99.2 Å². The first-order valence-electron chi connectivity index (χ1n) is 10.7. The van der Waals surface area contributed by atoms with E-state index in [1.807, 2.05) is 0 Å². The maximum Gasteiger partial charge on any atom is 0.0656 e. The van der Waals surface area contributed by atoms with Gasteiger partial charge in [-0.2, -0.15) is 0 Å². The molecule has 0 spiro atoms. The first-order chi connectivity index (χ1) is 11.0. The first-order valence-corrected chi connectivity index (χ1v) is 10.7. The summed E-state index contributed by atoms with van der Waals surface area (Å²) in [7, 11) is 6.23. The van der Waals surface area contributed by atoms with E-state index in [0.717, 1.165) is 47.7 Å². The van der Waals surface area contributed by atoms with Crippen molar-refractivity contribution in [3.63, 3.8) is 0 Å². The van der Waals surface area contributed by atoms with E-state index in [2.05, 4.69) is 41.5 Å². The third kappa shape index (κ3) is 6.13. The molecule has 0 N–H and O–H groups in total. The molecular weight excluding hydrogens is 275 g/mol. The molecular formula is C22H43B. The van der Waals surface area contributed by atoms with Crippen molar-refractivity contribution in [3.8, 4) is 0 Å². The van der Waals surface area contributed by atoms with Gasteiger partial charge in [0.2, 0.25) is 0 Å². The third-order valence-corrected chi connectivity index (χ3v) is 7.34. The average Bonchev–Trinajstić information content (AvgIpc) is 3.07. The summed E-state index contributed by atoms with van der Waals surface area (Å²) >= 11 is 0. The monoisotopic (exact) mass is 318 g/mol. The van der Waals surface area contributed by atoms with E-state index in [0.29, 0.717) is 0 Å². The quantitative estimate of drug-likeness (QED) is 0.355. The zero-order valence-electron chi connectivity index (χ0n) is 17.0. The minimum Gasteiger partial charge on any atom is -0.0856 e. The third-order valence-electron chi connectivity index (χ3n) is 7.34. The number of hydrogen-bond donors (Lipinski definition) is 0. The molecule has 0 heterocycles. The van der Waals surface area contributed by atoms with Crippen LogP contribution in [0.2, 0.25) is 6.32 Å². The van der Waals surface area contributed by atoms with Crippen LogP contribution >= 0.6 is 0 Å². The summed E-state index contributed by atoms with van der Waals surface area (Å²) in [5, 5.41) is 0. The van der Waals surface area contributed by atoms with Crippen LogP contribution in [0.4, 0.5) is 0 Å². The fourth-order valence-electron chi connectivity index (χ4n) is 5.49. The van der Waals surface area contributed by atoms with Gasteiger partial charge in [0, 0.05) is 0 Å². The van der Waals surface area contributed by atoms with Crippen LogP contribution in [0.15, 0.2) is 0 Å². The Labute approximate surface area is 149 Å². The molecule has 1 aliphatic carbocycles. The van der Waals surface area contributed by atoms with E-state index in [-0.39, 0.29) is 0 Å². The summed E-state index contributed by atoms with van der Waals surface area (Å²) in [4.78, 5) is 0. The highest BCUT2D eigenvalue weighted by atomic mass is 14.4. The molecule has 2 radical (unpaired) electrons. The lowest BCUT2D eigenvalue weighted by atomic mass is 9.65. The Kier molecular flexibility index (Phi) is 9.94. The Hall–Kier alpha value is 0.0649. The zero-order chi connectivity index (χ0) is 17.4. The zero-order valence-corrected chi connectivity index (χ0v) is 17.0. The van der Waals surface area contributed by atoms with Crippen molar-refractivity contribution in [2.24, 2.45) is 41.4 Å². The van der Waals surface area contributed by atoms with Crippen LogP contribution in [0.1, 0.15) is 92.9 Å². The van der Waals surface area contributed by atoms with Crippen LogP contribution < -0.4 is 0 Å². The largest absolute Gasteiger partial charge is 0.0856 e. The van der Waals surface area contributed by atoms with E-state index in [1.165, 1.54) is 51.4 Å². The molecule has 1 aliphatic rings. The Bertz CT molecular complexity index is 294. The maximum absolute atomic E-state index is 6.23. The first kappa shape index (κ1) is 21.1. The van der Waals surface area contributed by atoms with Crippen LogP contribution in [-0.2, 0) is 0 Å². The predicted molar refractivity (Wildman–Crippen MR) is 106 cm³/mol. The summed E-state index contributed by atoms with van der Waals surface area (Å²) in [5.74, 6) is 5.86. The van der Waals surface area contributed by atoms with Crippen LogP contribution in [0.3, 0.4) is 0 Å². The van der Waals surface area contributed by atoms with Gasteiger partial charge < -0.3 is 0 Å². The highest BCUT2D eigenvalue weighted by Gasteiger charge is 2.34. The van der Waals surface area contributed by atoms with Crippen LogP contribution in [-0.4, -0.2) is 7.85 Å². The van der Waals surface area contributed by atoms with E-state index >= 15 is 0 Å². The second-order valence-electron chi connectivity index (χ2n) is 8.82. The maximum atomic E-state index is 6.23. The van der Waals surface area contributed by atoms with Gasteiger partial charge in [0.05, 0.1) is 7.85 Å². The predicted octanol–water partition coefficient (Wildman–Crippen LogP) is 7.14. The second kappa shape index (κ2) is 10.8. The smallest absolute Gasteiger partial charge is 0.0656 e. The normalized spacial score (nSPS) is 24.1. The van der Waals surface area contributed by atoms with Crippen LogP contribution in [0.25, 0.3) is 0 Å². The topological polar surface area (TPSA) is 0 Å². The number of rotatable bonds is 11. The molecule has 6 unspecified atom stereocenters. The van der Waals surface area contributed by atoms with E-state index in [4.69, 9.17) is 7.85 Å². The fraction of sp³-hybridized carbons (Fsp3) is 1.00. The van der Waals surface area contributed by atoms with E-state index < -0.39 is 0 Å². The molecule has 6 atom stereocenters. The Morgan fingerprint density at radius 1 is 0.957 bits per heavy atom. The van der Waals surface area contributed by atoms with Crippen molar-refractivity contribution in [1.82, 2.24) is 0 Å². The molecule has 1 rings (SSSR count). The highest BCUT2D eigenvalue weighted by Crippen LogP contribution is 2.42. The van der Waals surface area contributed by atoms with Crippen LogP contribution in [0.5, 0.6) is 0 Å². The average molecular weight is 318 g/mol. The molecule has 0 nitrogen and oxygen atoms in total. The van der Waals surface area contributed by atoms with Gasteiger partial charge in [-0.1, -0.05) is 92.8 Å². The van der Waals surface area contributed by atoms with Gasteiger partial charge in [-0.15, -0.1) is 0 Å². The molecule has 0 aliphatic heterocycles. The Morgan fingerprint density at radius 2 is 1.57 bits per heavy atom. The SMILES string of the molecule is [B]CC(CC(C)CCC)C(CC)C(C)C(C)C(C)C1CCCC1. The summed E-state index contributed by atoms with van der Waals surface area (Å²) in [6, 6.07) is 0. The molecule has 0 saturated heterocycles. The Balaban J connectivity index is 2.67. The lowest BCUT2D eigenvalue weighted by Crippen LogP contribution is -2.31. The van der Waals surface area contributed by atoms with Gasteiger partial charge in [0.15, 0.2) is 0 Å². The molecule has 1 heteroatoms. The molecule has 0 aromatic heterocycles. The van der Waals surface area contributed by atoms with Gasteiger partial charge >= 0.3 is 0 Å². The molecule has 23 heavy (non-hydrogen) atoms. The molecule has 134 valence electrons. The van der Waals surface area contributed by atoms with E-state index in [9.17, 15) is 0 Å². The fourth-order valence-corrected chi connectivity index (χ4v) is 5.49. The summed E-state index contributed by atoms with van der Waals surface area (Å²) in [6.45, 7) is 14.7.